The predicted octanol–water partition coefficient (Wildman–Crippen LogP) is 2.82. The van der Waals surface area contributed by atoms with Gasteiger partial charge in [0.25, 0.3) is 0 Å². The predicted molar refractivity (Wildman–Crippen MR) is 58.4 cm³/mol. The Hall–Kier alpha value is -0.0800. The summed E-state index contributed by atoms with van der Waals surface area (Å²) in [6.45, 7) is 5.75. The van der Waals surface area contributed by atoms with Gasteiger partial charge in [0.1, 0.15) is 0 Å². The molecule has 3 rings (SSSR count). The van der Waals surface area contributed by atoms with Gasteiger partial charge in [-0.15, -0.1) is 0 Å². The molecular weight excluding hydrogens is 188 g/mol. The van der Waals surface area contributed by atoms with Crippen molar-refractivity contribution >= 4 is 0 Å². The van der Waals surface area contributed by atoms with Gasteiger partial charge in [0.15, 0.2) is 5.79 Å². The Morgan fingerprint density at radius 1 is 1.07 bits per heavy atom. The van der Waals surface area contributed by atoms with Crippen LogP contribution in [0.5, 0.6) is 0 Å². The molecule has 3 aliphatic rings. The molecule has 0 aromatic rings. The van der Waals surface area contributed by atoms with E-state index in [1.54, 1.807) is 0 Å². The number of rotatable bonds is 4. The van der Waals surface area contributed by atoms with E-state index < -0.39 is 0 Å². The van der Waals surface area contributed by atoms with E-state index in [4.69, 9.17) is 9.47 Å². The Morgan fingerprint density at radius 2 is 1.73 bits per heavy atom. The molecule has 0 heterocycles. The second-order valence-electron chi connectivity index (χ2n) is 5.40. The van der Waals surface area contributed by atoms with Crippen molar-refractivity contribution in [1.82, 2.24) is 0 Å². The average molecular weight is 210 g/mol. The maximum atomic E-state index is 5.95. The number of ether oxygens (including phenoxy) is 2. The molecule has 15 heavy (non-hydrogen) atoms. The fourth-order valence-electron chi connectivity index (χ4n) is 4.53. The standard InChI is InChI=1S/C13H22O2/c1-3-14-13(15-4-2)8-11-9-5-6-10(7-9)12(11)13/h9-12H,3-8H2,1-2H3/t9-,10-,11-,12-/m0/s1. The summed E-state index contributed by atoms with van der Waals surface area (Å²) in [6, 6.07) is 0. The monoisotopic (exact) mass is 210 g/mol. The lowest BCUT2D eigenvalue weighted by Crippen LogP contribution is -2.59. The van der Waals surface area contributed by atoms with Crippen LogP contribution in [0.3, 0.4) is 0 Å². The summed E-state index contributed by atoms with van der Waals surface area (Å²) < 4.78 is 11.9. The zero-order valence-electron chi connectivity index (χ0n) is 9.87. The van der Waals surface area contributed by atoms with E-state index >= 15 is 0 Å². The molecular formula is C13H22O2. The molecule has 0 aromatic heterocycles. The molecule has 0 aliphatic heterocycles. The second kappa shape index (κ2) is 3.46. The molecule has 0 aromatic carbocycles. The molecule has 2 nitrogen and oxygen atoms in total. The minimum atomic E-state index is -0.173. The summed E-state index contributed by atoms with van der Waals surface area (Å²) in [6.07, 6.45) is 5.52. The highest BCUT2D eigenvalue weighted by Crippen LogP contribution is 2.66. The Labute approximate surface area is 92.3 Å². The van der Waals surface area contributed by atoms with Gasteiger partial charge in [-0.25, -0.2) is 0 Å². The fourth-order valence-corrected chi connectivity index (χ4v) is 4.53. The van der Waals surface area contributed by atoms with Crippen molar-refractivity contribution in [2.75, 3.05) is 13.2 Å². The Morgan fingerprint density at radius 3 is 2.33 bits per heavy atom. The van der Waals surface area contributed by atoms with Crippen molar-refractivity contribution in [3.8, 4) is 0 Å². The molecule has 3 aliphatic carbocycles. The van der Waals surface area contributed by atoms with E-state index in [1.165, 1.54) is 25.7 Å². The quantitative estimate of drug-likeness (QED) is 0.664. The summed E-state index contributed by atoms with van der Waals surface area (Å²) in [7, 11) is 0. The first kappa shape index (κ1) is 10.1. The molecule has 3 saturated carbocycles. The molecule has 4 atom stereocenters. The van der Waals surface area contributed by atoms with Crippen LogP contribution < -0.4 is 0 Å². The zero-order chi connectivity index (χ0) is 10.5. The van der Waals surface area contributed by atoms with E-state index in [9.17, 15) is 0 Å². The van der Waals surface area contributed by atoms with Gasteiger partial charge in [-0.1, -0.05) is 0 Å². The molecule has 0 saturated heterocycles. The normalized spacial score (nSPS) is 45.2. The Bertz CT molecular complexity index is 243. The Kier molecular flexibility index (Phi) is 2.33. The SMILES string of the molecule is CCOC1(OCC)C[C@H]2[C@H]3CC[C@@H](C3)[C@@H]21. The van der Waals surface area contributed by atoms with Gasteiger partial charge in [0.05, 0.1) is 0 Å². The first-order chi connectivity index (χ1) is 7.30. The first-order valence-corrected chi connectivity index (χ1v) is 6.58. The molecule has 0 spiro atoms. The lowest BCUT2D eigenvalue weighted by molar-refractivity contribution is -0.337. The summed E-state index contributed by atoms with van der Waals surface area (Å²) in [5.41, 5.74) is 0. The van der Waals surface area contributed by atoms with Crippen LogP contribution in [0.1, 0.15) is 39.5 Å². The summed E-state index contributed by atoms with van der Waals surface area (Å²) >= 11 is 0. The van der Waals surface area contributed by atoms with E-state index in [-0.39, 0.29) is 5.79 Å². The van der Waals surface area contributed by atoms with Gasteiger partial charge in [-0.3, -0.25) is 0 Å². The van der Waals surface area contributed by atoms with Gasteiger partial charge in [0, 0.05) is 25.6 Å². The van der Waals surface area contributed by atoms with Crippen LogP contribution in [0.15, 0.2) is 0 Å². The molecule has 0 radical (unpaired) electrons. The smallest absolute Gasteiger partial charge is 0.171 e. The van der Waals surface area contributed by atoms with Crippen LogP contribution in [0, 0.1) is 23.7 Å². The zero-order valence-corrected chi connectivity index (χ0v) is 9.87. The molecule has 2 heteroatoms. The van der Waals surface area contributed by atoms with Crippen LogP contribution in [-0.4, -0.2) is 19.0 Å². The first-order valence-electron chi connectivity index (χ1n) is 6.58. The second-order valence-corrected chi connectivity index (χ2v) is 5.40. The van der Waals surface area contributed by atoms with Crippen molar-refractivity contribution in [3.63, 3.8) is 0 Å². The maximum absolute atomic E-state index is 5.95. The molecule has 0 amide bonds. The van der Waals surface area contributed by atoms with Crippen molar-refractivity contribution in [2.45, 2.75) is 45.3 Å². The summed E-state index contributed by atoms with van der Waals surface area (Å²) in [4.78, 5) is 0. The molecule has 86 valence electrons. The number of fused-ring (bicyclic) bond motifs is 5. The van der Waals surface area contributed by atoms with Gasteiger partial charge in [-0.05, 0) is 50.9 Å². The van der Waals surface area contributed by atoms with Crippen LogP contribution in [0.2, 0.25) is 0 Å². The van der Waals surface area contributed by atoms with Gasteiger partial charge >= 0.3 is 0 Å². The average Bonchev–Trinajstić information content (AvgIpc) is 2.73. The maximum Gasteiger partial charge on any atom is 0.171 e. The van der Waals surface area contributed by atoms with Crippen LogP contribution in [0.4, 0.5) is 0 Å². The van der Waals surface area contributed by atoms with Crippen LogP contribution in [0.25, 0.3) is 0 Å². The highest BCUT2D eigenvalue weighted by molar-refractivity contribution is 5.11. The minimum absolute atomic E-state index is 0.173. The largest absolute Gasteiger partial charge is 0.350 e. The highest BCUT2D eigenvalue weighted by Gasteiger charge is 2.66. The number of hydrogen-bond acceptors (Lipinski definition) is 2. The topological polar surface area (TPSA) is 18.5 Å². The van der Waals surface area contributed by atoms with Crippen molar-refractivity contribution < 1.29 is 9.47 Å². The van der Waals surface area contributed by atoms with Crippen molar-refractivity contribution in [1.29, 1.82) is 0 Å². The minimum Gasteiger partial charge on any atom is -0.350 e. The van der Waals surface area contributed by atoms with E-state index in [2.05, 4.69) is 13.8 Å². The molecule has 0 N–H and O–H groups in total. The van der Waals surface area contributed by atoms with E-state index in [0.717, 1.165) is 36.9 Å². The lowest BCUT2D eigenvalue weighted by Gasteiger charge is -2.55. The van der Waals surface area contributed by atoms with Crippen LogP contribution in [-0.2, 0) is 9.47 Å². The van der Waals surface area contributed by atoms with Crippen molar-refractivity contribution in [2.24, 2.45) is 23.7 Å². The van der Waals surface area contributed by atoms with Crippen LogP contribution >= 0.6 is 0 Å². The van der Waals surface area contributed by atoms with Gasteiger partial charge in [0.2, 0.25) is 0 Å². The highest BCUT2D eigenvalue weighted by atomic mass is 16.7. The van der Waals surface area contributed by atoms with E-state index in [0.29, 0.717) is 0 Å². The lowest BCUT2D eigenvalue weighted by atomic mass is 9.61. The molecule has 3 fully saturated rings. The summed E-state index contributed by atoms with van der Waals surface area (Å²) in [5, 5.41) is 0. The summed E-state index contributed by atoms with van der Waals surface area (Å²) in [5.74, 6) is 3.41. The van der Waals surface area contributed by atoms with Gasteiger partial charge < -0.3 is 9.47 Å². The molecule has 2 bridgehead atoms. The fraction of sp³-hybridized carbons (Fsp3) is 1.00. The third-order valence-corrected chi connectivity index (χ3v) is 4.89. The third-order valence-electron chi connectivity index (χ3n) is 4.89. The Balaban J connectivity index is 1.77. The number of hydrogen-bond donors (Lipinski definition) is 0. The van der Waals surface area contributed by atoms with Crippen molar-refractivity contribution in [3.05, 3.63) is 0 Å². The third kappa shape index (κ3) is 1.24. The molecule has 0 unspecified atom stereocenters. The van der Waals surface area contributed by atoms with E-state index in [1.807, 2.05) is 0 Å². The van der Waals surface area contributed by atoms with Gasteiger partial charge in [-0.2, -0.15) is 0 Å².